The van der Waals surface area contributed by atoms with Crippen molar-refractivity contribution in [3.63, 3.8) is 0 Å². The van der Waals surface area contributed by atoms with Crippen LogP contribution in [0.2, 0.25) is 0 Å². The second-order valence-electron chi connectivity index (χ2n) is 4.36. The molecule has 0 spiro atoms. The molecule has 1 aromatic carbocycles. The summed E-state index contributed by atoms with van der Waals surface area (Å²) >= 11 is 0. The average Bonchev–Trinajstić information content (AvgIpc) is 2.28. The Morgan fingerprint density at radius 3 is 2.61 bits per heavy atom. The average molecular weight is 250 g/mol. The predicted octanol–water partition coefficient (Wildman–Crippen LogP) is 3.18. The van der Waals surface area contributed by atoms with Gasteiger partial charge >= 0.3 is 0 Å². The van der Waals surface area contributed by atoms with E-state index in [-0.39, 0.29) is 17.8 Å². The first kappa shape index (κ1) is 14.2. The van der Waals surface area contributed by atoms with Crippen molar-refractivity contribution in [1.29, 1.82) is 0 Å². The standard InChI is InChI=1S/C14H19FN2O/c1-5-6-14(18)16-11-7-8-13(12(15)9-11)17(4)10(2)3/h5-10H,1-4H3,(H,16,18). The van der Waals surface area contributed by atoms with Gasteiger partial charge in [0.2, 0.25) is 5.91 Å². The lowest BCUT2D eigenvalue weighted by Crippen LogP contribution is -2.26. The van der Waals surface area contributed by atoms with E-state index in [0.717, 1.165) is 0 Å². The minimum absolute atomic E-state index is 0.211. The molecule has 4 heteroatoms. The fourth-order valence-electron chi connectivity index (χ4n) is 1.48. The van der Waals surface area contributed by atoms with Crippen LogP contribution in [-0.4, -0.2) is 19.0 Å². The van der Waals surface area contributed by atoms with Gasteiger partial charge in [0.15, 0.2) is 0 Å². The number of anilines is 2. The van der Waals surface area contributed by atoms with Gasteiger partial charge in [0.25, 0.3) is 0 Å². The summed E-state index contributed by atoms with van der Waals surface area (Å²) in [6.45, 7) is 5.73. The molecule has 0 aliphatic heterocycles. The summed E-state index contributed by atoms with van der Waals surface area (Å²) in [6.07, 6.45) is 3.03. The van der Waals surface area contributed by atoms with E-state index in [4.69, 9.17) is 0 Å². The Balaban J connectivity index is 2.89. The minimum Gasteiger partial charge on any atom is -0.370 e. The van der Waals surface area contributed by atoms with E-state index >= 15 is 0 Å². The van der Waals surface area contributed by atoms with E-state index in [1.807, 2.05) is 25.8 Å². The van der Waals surface area contributed by atoms with Crippen molar-refractivity contribution in [3.05, 3.63) is 36.2 Å². The number of allylic oxidation sites excluding steroid dienone is 1. The first-order valence-corrected chi connectivity index (χ1v) is 5.91. The van der Waals surface area contributed by atoms with Crippen LogP contribution in [-0.2, 0) is 4.79 Å². The Hall–Kier alpha value is -1.84. The van der Waals surface area contributed by atoms with Crippen molar-refractivity contribution < 1.29 is 9.18 Å². The molecule has 98 valence electrons. The highest BCUT2D eigenvalue weighted by Crippen LogP contribution is 2.23. The monoisotopic (exact) mass is 250 g/mol. The Bertz CT molecular complexity index is 455. The van der Waals surface area contributed by atoms with Gasteiger partial charge in [-0.15, -0.1) is 0 Å². The number of carbonyl (C=O) groups excluding carboxylic acids is 1. The minimum atomic E-state index is -0.343. The molecule has 3 nitrogen and oxygen atoms in total. The molecule has 0 saturated heterocycles. The molecule has 0 fully saturated rings. The smallest absolute Gasteiger partial charge is 0.248 e. The van der Waals surface area contributed by atoms with E-state index in [1.165, 1.54) is 12.1 Å². The normalized spacial score (nSPS) is 11.0. The fraction of sp³-hybridized carbons (Fsp3) is 0.357. The summed E-state index contributed by atoms with van der Waals surface area (Å²) in [5.74, 6) is -0.605. The van der Waals surface area contributed by atoms with Crippen LogP contribution < -0.4 is 10.2 Å². The zero-order valence-corrected chi connectivity index (χ0v) is 11.2. The number of benzene rings is 1. The molecular formula is C14H19FN2O. The Kier molecular flexibility index (Phi) is 4.89. The molecule has 1 aromatic rings. The van der Waals surface area contributed by atoms with Gasteiger partial charge in [-0.2, -0.15) is 0 Å². The predicted molar refractivity (Wildman–Crippen MR) is 73.4 cm³/mol. The zero-order chi connectivity index (χ0) is 13.7. The molecule has 0 atom stereocenters. The van der Waals surface area contributed by atoms with Crippen LogP contribution in [0.15, 0.2) is 30.4 Å². The molecule has 0 radical (unpaired) electrons. The van der Waals surface area contributed by atoms with Gasteiger partial charge in [0.1, 0.15) is 5.82 Å². The highest BCUT2D eigenvalue weighted by molar-refractivity contribution is 5.99. The molecule has 0 aliphatic carbocycles. The maximum absolute atomic E-state index is 13.9. The van der Waals surface area contributed by atoms with Gasteiger partial charge in [-0.25, -0.2) is 4.39 Å². The van der Waals surface area contributed by atoms with Crippen LogP contribution >= 0.6 is 0 Å². The summed E-state index contributed by atoms with van der Waals surface area (Å²) in [5, 5.41) is 2.59. The van der Waals surface area contributed by atoms with Gasteiger partial charge in [0, 0.05) is 18.8 Å². The first-order chi connectivity index (χ1) is 8.45. The van der Waals surface area contributed by atoms with Crippen molar-refractivity contribution in [2.75, 3.05) is 17.3 Å². The number of halogens is 1. The molecule has 0 saturated carbocycles. The van der Waals surface area contributed by atoms with E-state index in [9.17, 15) is 9.18 Å². The van der Waals surface area contributed by atoms with Crippen LogP contribution in [0.5, 0.6) is 0 Å². The Labute approximate surface area is 107 Å². The highest BCUT2D eigenvalue weighted by atomic mass is 19.1. The van der Waals surface area contributed by atoms with Crippen molar-refractivity contribution in [3.8, 4) is 0 Å². The van der Waals surface area contributed by atoms with Gasteiger partial charge in [-0.05, 0) is 45.0 Å². The van der Waals surface area contributed by atoms with Crippen LogP contribution in [0.4, 0.5) is 15.8 Å². The van der Waals surface area contributed by atoms with Crippen LogP contribution in [0.3, 0.4) is 0 Å². The molecule has 0 aliphatic rings. The van der Waals surface area contributed by atoms with Gasteiger partial charge in [0.05, 0.1) is 5.69 Å². The third-order valence-electron chi connectivity index (χ3n) is 2.69. The Morgan fingerprint density at radius 1 is 1.44 bits per heavy atom. The Morgan fingerprint density at radius 2 is 2.11 bits per heavy atom. The lowest BCUT2D eigenvalue weighted by atomic mass is 10.2. The second-order valence-corrected chi connectivity index (χ2v) is 4.36. The van der Waals surface area contributed by atoms with Crippen LogP contribution in [0.1, 0.15) is 20.8 Å². The van der Waals surface area contributed by atoms with Gasteiger partial charge in [-0.3, -0.25) is 4.79 Å². The van der Waals surface area contributed by atoms with Gasteiger partial charge in [-0.1, -0.05) is 6.08 Å². The quantitative estimate of drug-likeness (QED) is 0.832. The topological polar surface area (TPSA) is 32.3 Å². The van der Waals surface area contributed by atoms with E-state index in [2.05, 4.69) is 5.32 Å². The van der Waals surface area contributed by atoms with Crippen molar-refractivity contribution >= 4 is 17.3 Å². The summed E-state index contributed by atoms with van der Waals surface area (Å²) in [4.78, 5) is 13.2. The third-order valence-corrected chi connectivity index (χ3v) is 2.69. The molecule has 0 aromatic heterocycles. The molecule has 0 bridgehead atoms. The fourth-order valence-corrected chi connectivity index (χ4v) is 1.48. The van der Waals surface area contributed by atoms with Crippen molar-refractivity contribution in [2.45, 2.75) is 26.8 Å². The molecule has 1 N–H and O–H groups in total. The van der Waals surface area contributed by atoms with E-state index in [0.29, 0.717) is 11.4 Å². The van der Waals surface area contributed by atoms with E-state index in [1.54, 1.807) is 25.1 Å². The maximum atomic E-state index is 13.9. The summed E-state index contributed by atoms with van der Waals surface area (Å²) in [6, 6.07) is 4.90. The van der Waals surface area contributed by atoms with Crippen LogP contribution in [0, 0.1) is 5.82 Å². The van der Waals surface area contributed by atoms with Crippen molar-refractivity contribution in [2.24, 2.45) is 0 Å². The van der Waals surface area contributed by atoms with E-state index < -0.39 is 0 Å². The van der Waals surface area contributed by atoms with Crippen molar-refractivity contribution in [1.82, 2.24) is 0 Å². The third kappa shape index (κ3) is 3.58. The first-order valence-electron chi connectivity index (χ1n) is 5.91. The summed E-state index contributed by atoms with van der Waals surface area (Å²) in [7, 11) is 1.83. The lowest BCUT2D eigenvalue weighted by Gasteiger charge is -2.24. The summed E-state index contributed by atoms with van der Waals surface area (Å²) in [5.41, 5.74) is 0.977. The van der Waals surface area contributed by atoms with Gasteiger partial charge < -0.3 is 10.2 Å². The number of amides is 1. The molecule has 1 rings (SSSR count). The summed E-state index contributed by atoms with van der Waals surface area (Å²) < 4.78 is 13.9. The number of nitrogens with one attached hydrogen (secondary N) is 1. The molecule has 0 unspecified atom stereocenters. The molecular weight excluding hydrogens is 231 g/mol. The van der Waals surface area contributed by atoms with Crippen LogP contribution in [0.25, 0.3) is 0 Å². The lowest BCUT2D eigenvalue weighted by molar-refractivity contribution is -0.111. The zero-order valence-electron chi connectivity index (χ0n) is 11.2. The molecule has 18 heavy (non-hydrogen) atoms. The number of nitrogens with zero attached hydrogens (tertiary/aromatic N) is 1. The SMILES string of the molecule is CC=CC(=O)Nc1ccc(N(C)C(C)C)c(F)c1. The molecule has 0 heterocycles. The second kappa shape index (κ2) is 6.19. The molecule has 1 amide bonds. The number of carbonyl (C=O) groups is 1. The number of rotatable bonds is 4. The number of hydrogen-bond acceptors (Lipinski definition) is 2. The largest absolute Gasteiger partial charge is 0.370 e. The highest BCUT2D eigenvalue weighted by Gasteiger charge is 2.11. The maximum Gasteiger partial charge on any atom is 0.248 e. The number of hydrogen-bond donors (Lipinski definition) is 1.